The lowest BCUT2D eigenvalue weighted by molar-refractivity contribution is -0.144. The summed E-state index contributed by atoms with van der Waals surface area (Å²) in [5.41, 5.74) is 1.88. The fraction of sp³-hybridized carbons (Fsp3) is 0.435. The number of aryl methyl sites for hydroxylation is 1. The first-order valence-electron chi connectivity index (χ1n) is 10.2. The molecular weight excluding hydrogens is 366 g/mol. The number of rotatable bonds is 7. The van der Waals surface area contributed by atoms with Gasteiger partial charge in [0.15, 0.2) is 6.61 Å². The highest BCUT2D eigenvalue weighted by Gasteiger charge is 2.22. The van der Waals surface area contributed by atoms with E-state index >= 15 is 0 Å². The van der Waals surface area contributed by atoms with Crippen LogP contribution in [-0.2, 0) is 20.9 Å². The van der Waals surface area contributed by atoms with E-state index in [9.17, 15) is 9.59 Å². The number of aromatic nitrogens is 1. The molecule has 1 fully saturated rings. The number of esters is 1. The summed E-state index contributed by atoms with van der Waals surface area (Å²) in [6.45, 7) is 2.47. The van der Waals surface area contributed by atoms with E-state index in [1.54, 1.807) is 6.08 Å². The highest BCUT2D eigenvalue weighted by molar-refractivity contribution is 5.95. The molecule has 6 heteroatoms. The molecule has 6 nitrogen and oxygen atoms in total. The van der Waals surface area contributed by atoms with E-state index in [2.05, 4.69) is 18.3 Å². The van der Waals surface area contributed by atoms with Gasteiger partial charge in [-0.3, -0.25) is 4.79 Å². The topological polar surface area (TPSA) is 84.1 Å². The first-order chi connectivity index (χ1) is 14.1. The summed E-state index contributed by atoms with van der Waals surface area (Å²) in [5, 5.41) is 12.8. The highest BCUT2D eigenvalue weighted by atomic mass is 16.5. The van der Waals surface area contributed by atoms with E-state index in [4.69, 9.17) is 10.00 Å². The molecule has 29 heavy (non-hydrogen) atoms. The predicted octanol–water partition coefficient (Wildman–Crippen LogP) is 3.81. The summed E-state index contributed by atoms with van der Waals surface area (Å²) >= 11 is 0. The van der Waals surface area contributed by atoms with Crippen LogP contribution in [0, 0.1) is 17.2 Å². The second-order valence-corrected chi connectivity index (χ2v) is 7.58. The quantitative estimate of drug-likeness (QED) is 0.573. The minimum Gasteiger partial charge on any atom is -0.452 e. The average Bonchev–Trinajstić information content (AvgIpc) is 3.09. The Balaban J connectivity index is 1.56. The van der Waals surface area contributed by atoms with Gasteiger partial charge in [0.25, 0.3) is 5.91 Å². The molecule has 1 heterocycles. The summed E-state index contributed by atoms with van der Waals surface area (Å²) in [6, 6.07) is 10.2. The van der Waals surface area contributed by atoms with E-state index in [1.165, 1.54) is 12.5 Å². The molecule has 1 amide bonds. The molecule has 0 unspecified atom stereocenters. The molecule has 3 rings (SSSR count). The van der Waals surface area contributed by atoms with Crippen molar-refractivity contribution in [2.45, 2.75) is 51.6 Å². The second-order valence-electron chi connectivity index (χ2n) is 7.58. The van der Waals surface area contributed by atoms with Crippen LogP contribution in [0.3, 0.4) is 0 Å². The lowest BCUT2D eigenvalue weighted by Gasteiger charge is -2.29. The number of carbonyl (C=O) groups excluding carboxylic acids is 2. The van der Waals surface area contributed by atoms with Gasteiger partial charge in [-0.25, -0.2) is 4.79 Å². The lowest BCUT2D eigenvalue weighted by atomic mass is 9.86. The van der Waals surface area contributed by atoms with Crippen molar-refractivity contribution in [3.05, 3.63) is 42.1 Å². The summed E-state index contributed by atoms with van der Waals surface area (Å²) in [7, 11) is 0. The lowest BCUT2D eigenvalue weighted by Crippen LogP contribution is -2.42. The van der Waals surface area contributed by atoms with Gasteiger partial charge < -0.3 is 14.6 Å². The number of hydrogen-bond donors (Lipinski definition) is 1. The Morgan fingerprint density at radius 1 is 1.31 bits per heavy atom. The van der Waals surface area contributed by atoms with E-state index < -0.39 is 5.97 Å². The number of para-hydroxylation sites is 1. The van der Waals surface area contributed by atoms with Crippen molar-refractivity contribution in [1.82, 2.24) is 9.88 Å². The number of carbonyl (C=O) groups is 2. The average molecular weight is 393 g/mol. The van der Waals surface area contributed by atoms with Crippen LogP contribution in [0.1, 0.15) is 44.6 Å². The molecular formula is C23H27N3O3. The van der Waals surface area contributed by atoms with Gasteiger partial charge in [0.2, 0.25) is 0 Å². The Labute approximate surface area is 171 Å². The van der Waals surface area contributed by atoms with Gasteiger partial charge in [-0.2, -0.15) is 5.26 Å². The van der Waals surface area contributed by atoms with Crippen LogP contribution < -0.4 is 5.32 Å². The highest BCUT2D eigenvalue weighted by Crippen LogP contribution is 2.24. The van der Waals surface area contributed by atoms with E-state index in [0.29, 0.717) is 18.9 Å². The van der Waals surface area contributed by atoms with Crippen molar-refractivity contribution < 1.29 is 14.3 Å². The monoisotopic (exact) mass is 393 g/mol. The normalized spacial score (nSPS) is 19.2. The third kappa shape index (κ3) is 5.47. The molecule has 0 radical (unpaired) electrons. The zero-order valence-corrected chi connectivity index (χ0v) is 16.8. The molecule has 2 aromatic rings. The minimum absolute atomic E-state index is 0.171. The third-order valence-corrected chi connectivity index (χ3v) is 5.49. The van der Waals surface area contributed by atoms with Crippen molar-refractivity contribution in [2.24, 2.45) is 5.92 Å². The minimum atomic E-state index is -0.550. The van der Waals surface area contributed by atoms with Crippen LogP contribution in [0.15, 0.2) is 36.5 Å². The van der Waals surface area contributed by atoms with E-state index in [1.807, 2.05) is 35.0 Å². The molecule has 1 aliphatic rings. The number of amides is 1. The van der Waals surface area contributed by atoms with Crippen molar-refractivity contribution in [1.29, 1.82) is 5.26 Å². The summed E-state index contributed by atoms with van der Waals surface area (Å²) in [6.07, 6.45) is 9.80. The van der Waals surface area contributed by atoms with Gasteiger partial charge in [0.1, 0.15) is 0 Å². The van der Waals surface area contributed by atoms with Crippen molar-refractivity contribution in [2.75, 3.05) is 6.61 Å². The van der Waals surface area contributed by atoms with Gasteiger partial charge in [-0.05, 0) is 30.9 Å². The van der Waals surface area contributed by atoms with Crippen LogP contribution in [-0.4, -0.2) is 29.1 Å². The van der Waals surface area contributed by atoms with Gasteiger partial charge in [-0.15, -0.1) is 0 Å². The van der Waals surface area contributed by atoms with Crippen LogP contribution in [0.4, 0.5) is 0 Å². The number of ether oxygens (including phenoxy) is 1. The second kappa shape index (κ2) is 9.92. The number of nitrogens with one attached hydrogen (secondary N) is 1. The van der Waals surface area contributed by atoms with Crippen molar-refractivity contribution >= 4 is 28.9 Å². The summed E-state index contributed by atoms with van der Waals surface area (Å²) in [4.78, 5) is 24.1. The Morgan fingerprint density at radius 3 is 2.90 bits per heavy atom. The maximum absolute atomic E-state index is 12.1. The molecule has 0 aliphatic heterocycles. The predicted molar refractivity (Wildman–Crippen MR) is 112 cm³/mol. The molecule has 0 saturated heterocycles. The third-order valence-electron chi connectivity index (χ3n) is 5.49. The molecule has 152 valence electrons. The first-order valence-corrected chi connectivity index (χ1v) is 10.2. The number of fused-ring (bicyclic) bond motifs is 1. The first kappa shape index (κ1) is 20.7. The fourth-order valence-electron chi connectivity index (χ4n) is 3.89. The molecule has 1 aliphatic carbocycles. The zero-order chi connectivity index (χ0) is 20.6. The molecule has 1 N–H and O–H groups in total. The van der Waals surface area contributed by atoms with E-state index in [0.717, 1.165) is 35.7 Å². The smallest absolute Gasteiger partial charge is 0.331 e. The number of hydrogen-bond acceptors (Lipinski definition) is 4. The van der Waals surface area contributed by atoms with Gasteiger partial charge in [-0.1, -0.05) is 38.0 Å². The molecule has 2 atom stereocenters. The number of nitriles is 1. The standard InChI is InChI=1S/C23H27N3O3/c1-17-7-2-4-9-20(17)25-22(27)16-29-23(28)12-11-18-15-26(14-6-13-24)21-10-5-3-8-19(18)21/h3,5,8,10-12,15,17,20H,2,4,6-7,9,14,16H2,1H3,(H,25,27)/b12-11+/t17-,20+/m0/s1. The van der Waals surface area contributed by atoms with Gasteiger partial charge in [0.05, 0.1) is 12.5 Å². The van der Waals surface area contributed by atoms with Crippen LogP contribution in [0.25, 0.3) is 17.0 Å². The Kier molecular flexibility index (Phi) is 7.07. The Bertz CT molecular complexity index is 938. The fourth-order valence-corrected chi connectivity index (χ4v) is 3.89. The molecule has 0 bridgehead atoms. The molecule has 1 saturated carbocycles. The maximum Gasteiger partial charge on any atom is 0.331 e. The van der Waals surface area contributed by atoms with E-state index in [-0.39, 0.29) is 18.6 Å². The Hall–Kier alpha value is -3.07. The number of nitrogens with zero attached hydrogens (tertiary/aromatic N) is 2. The molecule has 1 aromatic carbocycles. The molecule has 1 aromatic heterocycles. The zero-order valence-electron chi connectivity index (χ0n) is 16.8. The van der Waals surface area contributed by atoms with Crippen LogP contribution in [0.5, 0.6) is 0 Å². The van der Waals surface area contributed by atoms with Crippen LogP contribution in [0.2, 0.25) is 0 Å². The van der Waals surface area contributed by atoms with Crippen molar-refractivity contribution in [3.63, 3.8) is 0 Å². The maximum atomic E-state index is 12.1. The Morgan fingerprint density at radius 2 is 2.10 bits per heavy atom. The van der Waals surface area contributed by atoms with Crippen molar-refractivity contribution in [3.8, 4) is 6.07 Å². The van der Waals surface area contributed by atoms with Crippen LogP contribution >= 0.6 is 0 Å². The SMILES string of the molecule is C[C@H]1CCCC[C@H]1NC(=O)COC(=O)/C=C/c1cn(CCC#N)c2ccccc12. The molecule has 0 spiro atoms. The summed E-state index contributed by atoms with van der Waals surface area (Å²) in [5.74, 6) is -0.342. The number of benzene rings is 1. The largest absolute Gasteiger partial charge is 0.452 e. The summed E-state index contributed by atoms with van der Waals surface area (Å²) < 4.78 is 7.10. The van der Waals surface area contributed by atoms with Gasteiger partial charge in [0, 0.05) is 41.3 Å². The van der Waals surface area contributed by atoms with Gasteiger partial charge >= 0.3 is 5.97 Å².